The zero-order valence-electron chi connectivity index (χ0n) is 11.2. The molecule has 0 atom stereocenters. The van der Waals surface area contributed by atoms with Gasteiger partial charge in [0.05, 0.1) is 12.2 Å². The Bertz CT molecular complexity index is 352. The third kappa shape index (κ3) is 10.8. The highest BCUT2D eigenvalue weighted by Gasteiger charge is 2.22. The van der Waals surface area contributed by atoms with Gasteiger partial charge in [0.2, 0.25) is 0 Å². The van der Waals surface area contributed by atoms with Crippen molar-refractivity contribution in [2.45, 2.75) is 25.9 Å². The Morgan fingerprint density at radius 3 is 2.53 bits per heavy atom. The quantitative estimate of drug-likeness (QED) is 0.279. The minimum absolute atomic E-state index is 0.00247. The van der Waals surface area contributed by atoms with Crippen molar-refractivity contribution in [3.63, 3.8) is 0 Å². The maximum Gasteiger partial charge on any atom is 0.469 e. The van der Waals surface area contributed by atoms with Crippen LogP contribution in [0.5, 0.6) is 0 Å². The number of hydrogen-bond donors (Lipinski definition) is 2. The fraction of sp³-hybridized carbons (Fsp3) is 0.700. The Labute approximate surface area is 112 Å². The smallest absolute Gasteiger partial charge is 0.362 e. The second-order valence-corrected chi connectivity index (χ2v) is 5.59. The van der Waals surface area contributed by atoms with Gasteiger partial charge in [-0.05, 0) is 20.3 Å². The number of phosphoric ester groups is 1. The second-order valence-electron chi connectivity index (χ2n) is 4.35. The van der Waals surface area contributed by atoms with E-state index in [0.717, 1.165) is 6.08 Å². The minimum Gasteiger partial charge on any atom is -0.362 e. The maximum atomic E-state index is 10.9. The molecule has 0 radical (unpaired) electrons. The Kier molecular flexibility index (Phi) is 7.43. The lowest BCUT2D eigenvalue weighted by Crippen LogP contribution is -2.33. The summed E-state index contributed by atoms with van der Waals surface area (Å²) >= 11 is 0. The highest BCUT2D eigenvalue weighted by Crippen LogP contribution is 2.36. The van der Waals surface area contributed by atoms with E-state index in [4.69, 9.17) is 19.4 Å². The van der Waals surface area contributed by atoms with Gasteiger partial charge < -0.3 is 19.4 Å². The first-order valence-electron chi connectivity index (χ1n) is 5.45. The van der Waals surface area contributed by atoms with Crippen molar-refractivity contribution in [3.05, 3.63) is 12.7 Å². The van der Waals surface area contributed by atoms with Crippen LogP contribution in [0.1, 0.15) is 20.3 Å². The van der Waals surface area contributed by atoms with E-state index < -0.39 is 19.4 Å². The highest BCUT2D eigenvalue weighted by molar-refractivity contribution is 7.46. The van der Waals surface area contributed by atoms with Crippen LogP contribution in [-0.2, 0) is 23.5 Å². The summed E-state index contributed by atoms with van der Waals surface area (Å²) in [5.41, 5.74) is -0.690. The van der Waals surface area contributed by atoms with E-state index in [1.165, 1.54) is 12.1 Å². The van der Waals surface area contributed by atoms with Crippen LogP contribution in [0.15, 0.2) is 12.7 Å². The fourth-order valence-corrected chi connectivity index (χ4v) is 1.29. The lowest BCUT2D eigenvalue weighted by atomic mass is 10.1. The first-order chi connectivity index (χ1) is 8.56. The maximum absolute atomic E-state index is 10.9. The summed E-state index contributed by atoms with van der Waals surface area (Å²) < 4.78 is 20.3. The van der Waals surface area contributed by atoms with E-state index in [9.17, 15) is 9.36 Å². The number of carbonyl (C=O) groups excluding carboxylic acids is 1. The molecule has 2 N–H and O–H groups in total. The Morgan fingerprint density at radius 2 is 2.05 bits per heavy atom. The fourth-order valence-electron chi connectivity index (χ4n) is 0.965. The number of carbonyl (C=O) groups is 1. The number of nitrogens with zero attached hydrogens (tertiary/aromatic N) is 1. The molecule has 0 saturated carbocycles. The van der Waals surface area contributed by atoms with Crippen LogP contribution in [-0.4, -0.2) is 46.8 Å². The van der Waals surface area contributed by atoms with Crippen molar-refractivity contribution in [3.8, 4) is 0 Å². The molecule has 0 saturated heterocycles. The van der Waals surface area contributed by atoms with Crippen LogP contribution < -0.4 is 0 Å². The molecule has 0 rings (SSSR count). The number of hydroxylamine groups is 2. The van der Waals surface area contributed by atoms with Crippen LogP contribution in [0.3, 0.4) is 0 Å². The van der Waals surface area contributed by atoms with Gasteiger partial charge in [0.1, 0.15) is 6.73 Å². The molecule has 0 aliphatic heterocycles. The molecule has 0 fully saturated rings. The summed E-state index contributed by atoms with van der Waals surface area (Å²) in [5.74, 6) is -0.603. The third-order valence-corrected chi connectivity index (χ3v) is 2.53. The lowest BCUT2D eigenvalue weighted by Gasteiger charge is -2.27. The third-order valence-electron chi connectivity index (χ3n) is 2.01. The molecule has 0 bridgehead atoms. The average Bonchev–Trinajstić information content (AvgIpc) is 2.24. The molecule has 8 nitrogen and oxygen atoms in total. The van der Waals surface area contributed by atoms with Crippen LogP contribution in [0, 0.1) is 0 Å². The number of ether oxygens (including phenoxy) is 1. The monoisotopic (exact) mass is 297 g/mol. The van der Waals surface area contributed by atoms with E-state index >= 15 is 0 Å². The normalized spacial score (nSPS) is 12.5. The molecule has 9 heteroatoms. The van der Waals surface area contributed by atoms with E-state index in [-0.39, 0.29) is 19.8 Å². The SMILES string of the molecule is C=CC(=O)ON(C)COC(C)(C)CCOP(=O)(O)O. The van der Waals surface area contributed by atoms with E-state index in [0.29, 0.717) is 0 Å². The molecule has 0 aromatic rings. The number of rotatable bonds is 9. The molecule has 0 aliphatic rings. The zero-order chi connectivity index (χ0) is 15.1. The summed E-state index contributed by atoms with van der Waals surface area (Å²) in [6.07, 6.45) is 1.29. The van der Waals surface area contributed by atoms with Crippen LogP contribution in [0.2, 0.25) is 0 Å². The summed E-state index contributed by atoms with van der Waals surface area (Å²) in [5, 5.41) is 1.18. The molecule has 19 heavy (non-hydrogen) atoms. The Hall–Kier alpha value is -0.760. The van der Waals surface area contributed by atoms with E-state index in [2.05, 4.69) is 11.1 Å². The van der Waals surface area contributed by atoms with Crippen molar-refractivity contribution in [1.29, 1.82) is 0 Å². The predicted octanol–water partition coefficient (Wildman–Crippen LogP) is 0.814. The van der Waals surface area contributed by atoms with Gasteiger partial charge in [0.25, 0.3) is 0 Å². The largest absolute Gasteiger partial charge is 0.469 e. The van der Waals surface area contributed by atoms with Crippen molar-refractivity contribution in [2.24, 2.45) is 0 Å². The van der Waals surface area contributed by atoms with Gasteiger partial charge in [-0.25, -0.2) is 9.36 Å². The van der Waals surface area contributed by atoms with E-state index in [1.54, 1.807) is 13.8 Å². The molecule has 112 valence electrons. The second kappa shape index (κ2) is 7.74. The molecule has 0 spiro atoms. The number of phosphoric acid groups is 1. The van der Waals surface area contributed by atoms with Crippen molar-refractivity contribution < 1.29 is 33.2 Å². The average molecular weight is 297 g/mol. The first-order valence-corrected chi connectivity index (χ1v) is 6.98. The van der Waals surface area contributed by atoms with Gasteiger partial charge in [0.15, 0.2) is 0 Å². The number of hydrogen-bond acceptors (Lipinski definition) is 6. The molecule has 0 aromatic heterocycles. The molecular formula is C10H20NO7P. The molecule has 0 aliphatic carbocycles. The topological polar surface area (TPSA) is 106 Å². The highest BCUT2D eigenvalue weighted by atomic mass is 31.2. The van der Waals surface area contributed by atoms with Crippen molar-refractivity contribution in [1.82, 2.24) is 5.06 Å². The van der Waals surface area contributed by atoms with Gasteiger partial charge in [-0.3, -0.25) is 4.52 Å². The lowest BCUT2D eigenvalue weighted by molar-refractivity contribution is -0.214. The first kappa shape index (κ1) is 18.2. The standard InChI is InChI=1S/C10H20NO7P/c1-5-9(12)18-11(4)8-16-10(2,3)6-7-17-19(13,14)15/h5H,1,6-8H2,2-4H3,(H2,13,14,15). The van der Waals surface area contributed by atoms with Gasteiger partial charge in [-0.1, -0.05) is 6.58 Å². The van der Waals surface area contributed by atoms with Crippen LogP contribution >= 0.6 is 7.82 Å². The minimum atomic E-state index is -4.46. The molecular weight excluding hydrogens is 277 g/mol. The van der Waals surface area contributed by atoms with Gasteiger partial charge in [0, 0.05) is 13.1 Å². The summed E-state index contributed by atoms with van der Waals surface area (Å²) in [4.78, 5) is 32.7. The molecule has 0 unspecified atom stereocenters. The van der Waals surface area contributed by atoms with Crippen molar-refractivity contribution >= 4 is 13.8 Å². The Morgan fingerprint density at radius 1 is 1.47 bits per heavy atom. The van der Waals surface area contributed by atoms with Crippen LogP contribution in [0.4, 0.5) is 0 Å². The van der Waals surface area contributed by atoms with Gasteiger partial charge in [-0.2, -0.15) is 0 Å². The summed E-state index contributed by atoms with van der Waals surface area (Å²) in [6.45, 7) is 6.55. The predicted molar refractivity (Wildman–Crippen MR) is 66.7 cm³/mol. The Balaban J connectivity index is 3.98. The molecule has 0 heterocycles. The molecule has 0 amide bonds. The molecule has 0 aromatic carbocycles. The summed E-state index contributed by atoms with van der Waals surface area (Å²) in [7, 11) is -2.96. The summed E-state index contributed by atoms with van der Waals surface area (Å²) in [6, 6.07) is 0. The van der Waals surface area contributed by atoms with Crippen molar-refractivity contribution in [2.75, 3.05) is 20.4 Å². The van der Waals surface area contributed by atoms with Gasteiger partial charge in [-0.15, -0.1) is 5.06 Å². The van der Waals surface area contributed by atoms with E-state index in [1.807, 2.05) is 0 Å². The van der Waals surface area contributed by atoms with Gasteiger partial charge >= 0.3 is 13.8 Å². The zero-order valence-corrected chi connectivity index (χ0v) is 12.1. The van der Waals surface area contributed by atoms with Crippen LogP contribution in [0.25, 0.3) is 0 Å².